The van der Waals surface area contributed by atoms with E-state index in [-0.39, 0.29) is 17.9 Å². The molecule has 0 aliphatic heterocycles. The van der Waals surface area contributed by atoms with Crippen molar-refractivity contribution in [2.45, 2.75) is 19.0 Å². The van der Waals surface area contributed by atoms with Crippen LogP contribution in [0, 0.1) is 0 Å². The lowest BCUT2D eigenvalue weighted by Gasteiger charge is -2.22. The van der Waals surface area contributed by atoms with Gasteiger partial charge in [0, 0.05) is 5.56 Å². The van der Waals surface area contributed by atoms with Crippen LogP contribution < -0.4 is 4.74 Å². The van der Waals surface area contributed by atoms with Crippen LogP contribution in [0.4, 0.5) is 8.78 Å². The van der Waals surface area contributed by atoms with Gasteiger partial charge in [-0.2, -0.15) is 8.78 Å². The highest BCUT2D eigenvalue weighted by atomic mass is 19.3. The first-order valence-corrected chi connectivity index (χ1v) is 5.31. The summed E-state index contributed by atoms with van der Waals surface area (Å²) in [7, 11) is 1.29. The highest BCUT2D eigenvalue weighted by molar-refractivity contribution is 5.78. The average molecular weight is 260 g/mol. The number of methoxy groups -OCH3 is 1. The van der Waals surface area contributed by atoms with E-state index in [2.05, 4.69) is 4.74 Å². The number of aliphatic hydroxyl groups excluding tert-OH is 1. The van der Waals surface area contributed by atoms with E-state index in [1.807, 2.05) is 0 Å². The fraction of sp³-hybridized carbons (Fsp3) is 0.417. The van der Waals surface area contributed by atoms with Gasteiger partial charge in [0.1, 0.15) is 5.75 Å². The van der Waals surface area contributed by atoms with Gasteiger partial charge in [0.15, 0.2) is 6.10 Å². The van der Waals surface area contributed by atoms with Crippen LogP contribution in [0.2, 0.25) is 0 Å². The lowest BCUT2D eigenvalue weighted by Crippen LogP contribution is -2.37. The number of para-hydroxylation sites is 1. The summed E-state index contributed by atoms with van der Waals surface area (Å²) < 4.78 is 36.3. The summed E-state index contributed by atoms with van der Waals surface area (Å²) in [5.41, 5.74) is -0.168. The molecule has 1 aromatic rings. The maximum Gasteiger partial charge on any atom is 0.380 e. The SMILES string of the molecule is CCOC(=O)C(F)(F)C(O)c1ccccc1OC. The first-order chi connectivity index (χ1) is 8.45. The molecule has 1 atom stereocenters. The van der Waals surface area contributed by atoms with Crippen molar-refractivity contribution in [2.24, 2.45) is 0 Å². The molecule has 1 unspecified atom stereocenters. The number of rotatable bonds is 5. The number of hydrogen-bond donors (Lipinski definition) is 1. The molecule has 0 fully saturated rings. The normalized spacial score (nSPS) is 12.9. The van der Waals surface area contributed by atoms with Gasteiger partial charge >= 0.3 is 11.9 Å². The number of aliphatic hydroxyl groups is 1. The Bertz CT molecular complexity index is 420. The molecule has 1 N–H and O–H groups in total. The molecular weight excluding hydrogens is 246 g/mol. The number of hydrogen-bond acceptors (Lipinski definition) is 4. The first-order valence-electron chi connectivity index (χ1n) is 5.31. The monoisotopic (exact) mass is 260 g/mol. The summed E-state index contributed by atoms with van der Waals surface area (Å²) >= 11 is 0. The summed E-state index contributed by atoms with van der Waals surface area (Å²) in [6.07, 6.45) is -2.31. The highest BCUT2D eigenvalue weighted by Gasteiger charge is 2.49. The van der Waals surface area contributed by atoms with Gasteiger partial charge in [0.25, 0.3) is 0 Å². The lowest BCUT2D eigenvalue weighted by atomic mass is 10.0. The number of esters is 1. The Labute approximate surface area is 103 Å². The Hall–Kier alpha value is -1.69. The minimum absolute atomic E-state index is 0.0778. The van der Waals surface area contributed by atoms with E-state index in [0.717, 1.165) is 0 Å². The van der Waals surface area contributed by atoms with Gasteiger partial charge < -0.3 is 14.6 Å². The Morgan fingerprint density at radius 2 is 2.06 bits per heavy atom. The molecule has 0 aromatic heterocycles. The van der Waals surface area contributed by atoms with Crippen LogP contribution in [0.25, 0.3) is 0 Å². The van der Waals surface area contributed by atoms with E-state index >= 15 is 0 Å². The molecule has 0 aliphatic carbocycles. The molecule has 1 aromatic carbocycles. The third-order valence-electron chi connectivity index (χ3n) is 2.32. The van der Waals surface area contributed by atoms with Gasteiger partial charge in [0.2, 0.25) is 0 Å². The largest absolute Gasteiger partial charge is 0.496 e. The van der Waals surface area contributed by atoms with Crippen LogP contribution in [0.3, 0.4) is 0 Å². The van der Waals surface area contributed by atoms with Crippen molar-refractivity contribution in [2.75, 3.05) is 13.7 Å². The molecule has 18 heavy (non-hydrogen) atoms. The minimum Gasteiger partial charge on any atom is -0.496 e. The predicted molar refractivity (Wildman–Crippen MR) is 59.5 cm³/mol. The average Bonchev–Trinajstić information content (AvgIpc) is 2.38. The minimum atomic E-state index is -4.02. The van der Waals surface area contributed by atoms with Crippen molar-refractivity contribution in [1.82, 2.24) is 0 Å². The van der Waals surface area contributed by atoms with Crippen LogP contribution in [0.5, 0.6) is 5.75 Å². The molecule has 1 rings (SSSR count). The van der Waals surface area contributed by atoms with Crippen molar-refractivity contribution in [3.05, 3.63) is 29.8 Å². The Balaban J connectivity index is 3.05. The third-order valence-corrected chi connectivity index (χ3v) is 2.32. The number of halogens is 2. The summed E-state index contributed by atoms with van der Waals surface area (Å²) in [6, 6.07) is 5.70. The second-order valence-electron chi connectivity index (χ2n) is 3.49. The maximum absolute atomic E-state index is 13.6. The fourth-order valence-corrected chi connectivity index (χ4v) is 1.43. The molecule has 0 spiro atoms. The molecule has 0 saturated carbocycles. The summed E-state index contributed by atoms with van der Waals surface area (Å²) in [5.74, 6) is -5.71. The molecule has 4 nitrogen and oxygen atoms in total. The molecule has 0 saturated heterocycles. The number of benzene rings is 1. The van der Waals surface area contributed by atoms with Crippen molar-refractivity contribution >= 4 is 5.97 Å². The van der Waals surface area contributed by atoms with Crippen molar-refractivity contribution in [3.8, 4) is 5.75 Å². The van der Waals surface area contributed by atoms with E-state index in [1.165, 1.54) is 32.2 Å². The number of carbonyl (C=O) groups is 1. The molecule has 0 heterocycles. The molecule has 0 bridgehead atoms. The zero-order chi connectivity index (χ0) is 13.8. The molecule has 100 valence electrons. The second kappa shape index (κ2) is 5.77. The summed E-state index contributed by atoms with van der Waals surface area (Å²) in [4.78, 5) is 11.1. The number of alkyl halides is 2. The predicted octanol–water partition coefficient (Wildman–Crippen LogP) is 1.93. The Morgan fingerprint density at radius 3 is 2.61 bits per heavy atom. The molecule has 6 heteroatoms. The van der Waals surface area contributed by atoms with E-state index in [1.54, 1.807) is 6.07 Å². The zero-order valence-electron chi connectivity index (χ0n) is 10.0. The fourth-order valence-electron chi connectivity index (χ4n) is 1.43. The van der Waals surface area contributed by atoms with Gasteiger partial charge in [-0.05, 0) is 13.0 Å². The molecule has 0 amide bonds. The van der Waals surface area contributed by atoms with Crippen LogP contribution in [0.15, 0.2) is 24.3 Å². The van der Waals surface area contributed by atoms with Crippen molar-refractivity contribution in [3.63, 3.8) is 0 Å². The van der Waals surface area contributed by atoms with Crippen LogP contribution in [-0.4, -0.2) is 30.7 Å². The van der Waals surface area contributed by atoms with E-state index < -0.39 is 18.0 Å². The number of ether oxygens (including phenoxy) is 2. The standard InChI is InChI=1S/C12H14F2O4/c1-3-18-11(16)12(13,14)10(15)8-6-4-5-7-9(8)17-2/h4-7,10,15H,3H2,1-2H3. The van der Waals surface area contributed by atoms with E-state index in [0.29, 0.717) is 0 Å². The topological polar surface area (TPSA) is 55.8 Å². The summed E-state index contributed by atoms with van der Waals surface area (Å²) in [6.45, 7) is 1.22. The Morgan fingerprint density at radius 1 is 1.44 bits per heavy atom. The lowest BCUT2D eigenvalue weighted by molar-refractivity contribution is -0.189. The van der Waals surface area contributed by atoms with Gasteiger partial charge in [-0.1, -0.05) is 18.2 Å². The summed E-state index contributed by atoms with van der Waals surface area (Å²) in [5, 5.41) is 9.63. The Kier molecular flexibility index (Phi) is 4.61. The maximum atomic E-state index is 13.6. The van der Waals surface area contributed by atoms with E-state index in [9.17, 15) is 18.7 Å². The van der Waals surface area contributed by atoms with Crippen molar-refractivity contribution in [1.29, 1.82) is 0 Å². The second-order valence-corrected chi connectivity index (χ2v) is 3.49. The van der Waals surface area contributed by atoms with E-state index in [4.69, 9.17) is 4.74 Å². The number of carbonyl (C=O) groups excluding carboxylic acids is 1. The quantitative estimate of drug-likeness (QED) is 0.822. The van der Waals surface area contributed by atoms with Crippen LogP contribution >= 0.6 is 0 Å². The highest BCUT2D eigenvalue weighted by Crippen LogP contribution is 2.36. The smallest absolute Gasteiger partial charge is 0.380 e. The third kappa shape index (κ3) is 2.76. The van der Waals surface area contributed by atoms with Crippen molar-refractivity contribution < 1.29 is 28.2 Å². The molecule has 0 aliphatic rings. The van der Waals surface area contributed by atoms with Gasteiger partial charge in [-0.25, -0.2) is 4.79 Å². The molecular formula is C12H14F2O4. The first kappa shape index (κ1) is 14.4. The van der Waals surface area contributed by atoms with Crippen LogP contribution in [-0.2, 0) is 9.53 Å². The zero-order valence-corrected chi connectivity index (χ0v) is 10.0. The van der Waals surface area contributed by atoms with Gasteiger partial charge in [0.05, 0.1) is 13.7 Å². The van der Waals surface area contributed by atoms with Gasteiger partial charge in [-0.3, -0.25) is 0 Å². The van der Waals surface area contributed by atoms with Gasteiger partial charge in [-0.15, -0.1) is 0 Å². The van der Waals surface area contributed by atoms with Crippen LogP contribution in [0.1, 0.15) is 18.6 Å². The molecule has 0 radical (unpaired) electrons.